The highest BCUT2D eigenvalue weighted by Gasteiger charge is 2.18. The average Bonchev–Trinajstić information content (AvgIpc) is 2.76. The highest BCUT2D eigenvalue weighted by atomic mass is 32.2. The first kappa shape index (κ1) is 23.2. The van der Waals surface area contributed by atoms with Gasteiger partial charge in [0.15, 0.2) is 0 Å². The molecule has 0 aromatic heterocycles. The van der Waals surface area contributed by atoms with Crippen molar-refractivity contribution in [2.24, 2.45) is 0 Å². The Morgan fingerprint density at radius 2 is 1.66 bits per heavy atom. The molecule has 0 heterocycles. The molecule has 6 nitrogen and oxygen atoms in total. The first-order valence-corrected chi connectivity index (χ1v) is 11.6. The Morgan fingerprint density at radius 3 is 2.28 bits per heavy atom. The third kappa shape index (κ3) is 6.52. The predicted molar refractivity (Wildman–Crippen MR) is 118 cm³/mol. The molecule has 0 aliphatic rings. The van der Waals surface area contributed by atoms with Gasteiger partial charge in [-0.15, -0.1) is 0 Å². The third-order valence-electron chi connectivity index (χ3n) is 4.51. The van der Waals surface area contributed by atoms with Gasteiger partial charge in [0.2, 0.25) is 10.0 Å². The SMILES string of the molecule is CS(=O)(=O)N(Cc1ccc(C(=O)NCCOc2ccc(F)cc2)cc1)c1cccc(F)c1. The van der Waals surface area contributed by atoms with E-state index in [1.807, 2.05) is 0 Å². The van der Waals surface area contributed by atoms with E-state index in [1.165, 1.54) is 42.5 Å². The molecule has 0 saturated carbocycles. The van der Waals surface area contributed by atoms with Crippen molar-refractivity contribution in [1.29, 1.82) is 0 Å². The van der Waals surface area contributed by atoms with Crippen molar-refractivity contribution in [3.63, 3.8) is 0 Å². The van der Waals surface area contributed by atoms with E-state index in [9.17, 15) is 22.0 Å². The van der Waals surface area contributed by atoms with Gasteiger partial charge in [-0.1, -0.05) is 18.2 Å². The van der Waals surface area contributed by atoms with E-state index < -0.39 is 15.8 Å². The second-order valence-corrected chi connectivity index (χ2v) is 8.91. The molecule has 0 aliphatic carbocycles. The van der Waals surface area contributed by atoms with E-state index >= 15 is 0 Å². The minimum Gasteiger partial charge on any atom is -0.492 e. The van der Waals surface area contributed by atoms with Crippen LogP contribution in [0.3, 0.4) is 0 Å². The van der Waals surface area contributed by atoms with Crippen LogP contribution in [0.5, 0.6) is 5.75 Å². The van der Waals surface area contributed by atoms with Crippen LogP contribution in [-0.2, 0) is 16.6 Å². The lowest BCUT2D eigenvalue weighted by molar-refractivity contribution is 0.0947. The summed E-state index contributed by atoms with van der Waals surface area (Å²) in [6.07, 6.45) is 1.05. The van der Waals surface area contributed by atoms with E-state index in [2.05, 4.69) is 5.32 Å². The second-order valence-electron chi connectivity index (χ2n) is 7.00. The van der Waals surface area contributed by atoms with E-state index in [4.69, 9.17) is 4.74 Å². The lowest BCUT2D eigenvalue weighted by Crippen LogP contribution is -2.29. The van der Waals surface area contributed by atoms with E-state index in [1.54, 1.807) is 24.3 Å². The largest absolute Gasteiger partial charge is 0.492 e. The minimum absolute atomic E-state index is 0.00427. The van der Waals surface area contributed by atoms with Crippen LogP contribution in [0, 0.1) is 11.6 Å². The average molecular weight is 461 g/mol. The molecule has 0 bridgehead atoms. The number of hydrogen-bond donors (Lipinski definition) is 1. The maximum Gasteiger partial charge on any atom is 0.251 e. The Morgan fingerprint density at radius 1 is 0.969 bits per heavy atom. The first-order valence-electron chi connectivity index (χ1n) is 9.71. The number of ether oxygens (including phenoxy) is 1. The Balaban J connectivity index is 1.57. The summed E-state index contributed by atoms with van der Waals surface area (Å²) >= 11 is 0. The molecular formula is C23H22F2N2O4S. The van der Waals surface area contributed by atoms with Gasteiger partial charge in [0.25, 0.3) is 5.91 Å². The van der Waals surface area contributed by atoms with Gasteiger partial charge in [-0.2, -0.15) is 0 Å². The van der Waals surface area contributed by atoms with Crippen molar-refractivity contribution in [2.75, 3.05) is 23.7 Å². The monoisotopic (exact) mass is 460 g/mol. The van der Waals surface area contributed by atoms with Crippen LogP contribution >= 0.6 is 0 Å². The summed E-state index contributed by atoms with van der Waals surface area (Å²) < 4.78 is 57.3. The van der Waals surface area contributed by atoms with Gasteiger partial charge in [-0.25, -0.2) is 17.2 Å². The molecular weight excluding hydrogens is 438 g/mol. The number of carbonyl (C=O) groups is 1. The minimum atomic E-state index is -3.65. The lowest BCUT2D eigenvalue weighted by Gasteiger charge is -2.22. The van der Waals surface area contributed by atoms with E-state index in [0.717, 1.165) is 16.6 Å². The summed E-state index contributed by atoms with van der Waals surface area (Å²) in [4.78, 5) is 12.3. The van der Waals surface area contributed by atoms with Crippen molar-refractivity contribution in [3.05, 3.63) is 95.6 Å². The molecule has 0 saturated heterocycles. The molecule has 3 rings (SSSR count). The van der Waals surface area contributed by atoms with Crippen molar-refractivity contribution in [3.8, 4) is 5.75 Å². The number of sulfonamides is 1. The van der Waals surface area contributed by atoms with E-state index in [0.29, 0.717) is 16.9 Å². The number of halogens is 2. The molecule has 0 unspecified atom stereocenters. The zero-order valence-electron chi connectivity index (χ0n) is 17.3. The van der Waals surface area contributed by atoms with Gasteiger partial charge >= 0.3 is 0 Å². The van der Waals surface area contributed by atoms with Gasteiger partial charge in [0, 0.05) is 5.56 Å². The van der Waals surface area contributed by atoms with Crippen LogP contribution in [0.2, 0.25) is 0 Å². The summed E-state index contributed by atoms with van der Waals surface area (Å²) in [7, 11) is -3.65. The standard InChI is InChI=1S/C23H22F2N2O4S/c1-32(29,30)27(21-4-2-3-20(25)15-21)16-17-5-7-18(8-6-17)23(28)26-13-14-31-22-11-9-19(24)10-12-22/h2-12,15H,13-14,16H2,1H3,(H,26,28). The molecule has 0 fully saturated rings. The summed E-state index contributed by atoms with van der Waals surface area (Å²) in [6, 6.07) is 17.4. The van der Waals surface area contributed by atoms with E-state index in [-0.39, 0.29) is 37.1 Å². The summed E-state index contributed by atoms with van der Waals surface area (Å²) in [5.41, 5.74) is 1.25. The summed E-state index contributed by atoms with van der Waals surface area (Å²) in [5, 5.41) is 2.71. The number of nitrogens with zero attached hydrogens (tertiary/aromatic N) is 1. The van der Waals surface area contributed by atoms with Gasteiger partial charge in [-0.3, -0.25) is 9.10 Å². The molecule has 0 atom stereocenters. The molecule has 1 amide bonds. The molecule has 0 aliphatic heterocycles. The Bertz CT molecular complexity index is 1170. The van der Waals surface area contributed by atoms with Crippen LogP contribution in [0.25, 0.3) is 0 Å². The predicted octanol–water partition coefficient (Wildman–Crippen LogP) is 3.74. The lowest BCUT2D eigenvalue weighted by atomic mass is 10.1. The number of hydrogen-bond acceptors (Lipinski definition) is 4. The van der Waals surface area contributed by atoms with Gasteiger partial charge < -0.3 is 10.1 Å². The molecule has 3 aromatic carbocycles. The molecule has 0 spiro atoms. The second kappa shape index (κ2) is 10.2. The Kier molecular flexibility index (Phi) is 7.42. The van der Waals surface area contributed by atoms with Crippen molar-refractivity contribution >= 4 is 21.6 Å². The highest BCUT2D eigenvalue weighted by Crippen LogP contribution is 2.21. The molecule has 9 heteroatoms. The van der Waals surface area contributed by atoms with Crippen molar-refractivity contribution < 1.29 is 26.7 Å². The summed E-state index contributed by atoms with van der Waals surface area (Å²) in [5.74, 6) is -0.709. The Hall–Kier alpha value is -3.46. The normalized spacial score (nSPS) is 11.1. The maximum absolute atomic E-state index is 13.5. The number of benzene rings is 3. The highest BCUT2D eigenvalue weighted by molar-refractivity contribution is 7.92. The Labute approximate surface area is 185 Å². The zero-order chi connectivity index (χ0) is 23.1. The molecule has 168 valence electrons. The third-order valence-corrected chi connectivity index (χ3v) is 5.65. The van der Waals surface area contributed by atoms with Crippen LogP contribution in [-0.4, -0.2) is 33.7 Å². The number of carbonyl (C=O) groups excluding carboxylic acids is 1. The smallest absolute Gasteiger partial charge is 0.251 e. The molecule has 1 N–H and O–H groups in total. The fourth-order valence-corrected chi connectivity index (χ4v) is 3.81. The summed E-state index contributed by atoms with van der Waals surface area (Å²) in [6.45, 7) is 0.460. The van der Waals surface area contributed by atoms with Gasteiger partial charge in [0.1, 0.15) is 24.0 Å². The first-order chi connectivity index (χ1) is 15.2. The van der Waals surface area contributed by atoms with Gasteiger partial charge in [-0.05, 0) is 60.2 Å². The number of nitrogens with one attached hydrogen (secondary N) is 1. The van der Waals surface area contributed by atoms with Crippen LogP contribution < -0.4 is 14.4 Å². The van der Waals surface area contributed by atoms with Crippen molar-refractivity contribution in [2.45, 2.75) is 6.54 Å². The molecule has 0 radical (unpaired) electrons. The fourth-order valence-electron chi connectivity index (χ4n) is 2.92. The van der Waals surface area contributed by atoms with Crippen LogP contribution in [0.15, 0.2) is 72.8 Å². The molecule has 3 aromatic rings. The van der Waals surface area contributed by atoms with Crippen molar-refractivity contribution in [1.82, 2.24) is 5.32 Å². The number of rotatable bonds is 9. The topological polar surface area (TPSA) is 75.7 Å². The quantitative estimate of drug-likeness (QED) is 0.494. The number of anilines is 1. The van der Waals surface area contributed by atoms with Crippen LogP contribution in [0.1, 0.15) is 15.9 Å². The zero-order valence-corrected chi connectivity index (χ0v) is 18.1. The van der Waals surface area contributed by atoms with Crippen LogP contribution in [0.4, 0.5) is 14.5 Å². The maximum atomic E-state index is 13.5. The fraction of sp³-hybridized carbons (Fsp3) is 0.174. The van der Waals surface area contributed by atoms with Gasteiger partial charge in [0.05, 0.1) is 25.0 Å². The molecule has 32 heavy (non-hydrogen) atoms. The number of amides is 1.